The van der Waals surface area contributed by atoms with E-state index in [1.807, 2.05) is 13.0 Å². The van der Waals surface area contributed by atoms with Gasteiger partial charge in [-0.25, -0.2) is 0 Å². The number of rotatable bonds is 4. The lowest BCUT2D eigenvalue weighted by molar-refractivity contribution is -0.0561. The second-order valence-electron chi connectivity index (χ2n) is 5.12. The second-order valence-corrected chi connectivity index (χ2v) is 5.12. The van der Waals surface area contributed by atoms with E-state index in [9.17, 15) is 5.11 Å². The standard InChI is InChI=1S/C15H23NO2/c1-3-12-7-5-6-8-15(12,17)13-9-14(18-4-2)11-16-10-13/h9-12,17H,3-8H2,1-2H3. The molecule has 2 atom stereocenters. The van der Waals surface area contributed by atoms with Gasteiger partial charge in [0.1, 0.15) is 5.75 Å². The van der Waals surface area contributed by atoms with Crippen LogP contribution in [0.5, 0.6) is 5.75 Å². The highest BCUT2D eigenvalue weighted by Gasteiger charge is 2.39. The molecule has 3 heteroatoms. The normalized spacial score (nSPS) is 28.1. The van der Waals surface area contributed by atoms with E-state index in [2.05, 4.69) is 11.9 Å². The number of aromatic nitrogens is 1. The van der Waals surface area contributed by atoms with Gasteiger partial charge in [0.25, 0.3) is 0 Å². The first-order valence-electron chi connectivity index (χ1n) is 7.01. The van der Waals surface area contributed by atoms with Gasteiger partial charge in [-0.2, -0.15) is 0 Å². The highest BCUT2D eigenvalue weighted by Crippen LogP contribution is 2.43. The quantitative estimate of drug-likeness (QED) is 0.890. The molecule has 2 rings (SSSR count). The third kappa shape index (κ3) is 2.51. The predicted molar refractivity (Wildman–Crippen MR) is 71.6 cm³/mol. The Morgan fingerprint density at radius 1 is 1.39 bits per heavy atom. The highest BCUT2D eigenvalue weighted by molar-refractivity contribution is 5.29. The Labute approximate surface area is 109 Å². The molecule has 3 nitrogen and oxygen atoms in total. The Balaban J connectivity index is 2.29. The summed E-state index contributed by atoms with van der Waals surface area (Å²) >= 11 is 0. The molecule has 1 heterocycles. The number of aliphatic hydroxyl groups is 1. The maximum absolute atomic E-state index is 11.0. The van der Waals surface area contributed by atoms with E-state index in [-0.39, 0.29) is 0 Å². The number of nitrogens with zero attached hydrogens (tertiary/aromatic N) is 1. The van der Waals surface area contributed by atoms with E-state index < -0.39 is 5.60 Å². The van der Waals surface area contributed by atoms with Gasteiger partial charge < -0.3 is 9.84 Å². The predicted octanol–water partition coefficient (Wildman–Crippen LogP) is 3.27. The molecule has 1 saturated carbocycles. The molecule has 1 aromatic rings. The van der Waals surface area contributed by atoms with Crippen LogP contribution in [-0.2, 0) is 5.60 Å². The van der Waals surface area contributed by atoms with E-state index in [4.69, 9.17) is 4.74 Å². The zero-order valence-electron chi connectivity index (χ0n) is 11.4. The SMILES string of the molecule is CCOc1cncc(C2(O)CCCCC2CC)c1. The summed E-state index contributed by atoms with van der Waals surface area (Å²) in [5.74, 6) is 1.09. The van der Waals surface area contributed by atoms with Gasteiger partial charge in [-0.3, -0.25) is 4.98 Å². The lowest BCUT2D eigenvalue weighted by Crippen LogP contribution is -2.37. The lowest BCUT2D eigenvalue weighted by atomic mass is 9.71. The smallest absolute Gasteiger partial charge is 0.137 e. The van der Waals surface area contributed by atoms with Crippen LogP contribution < -0.4 is 4.74 Å². The summed E-state index contributed by atoms with van der Waals surface area (Å²) in [6.07, 6.45) is 8.76. The Morgan fingerprint density at radius 3 is 2.94 bits per heavy atom. The highest BCUT2D eigenvalue weighted by atomic mass is 16.5. The van der Waals surface area contributed by atoms with E-state index in [0.29, 0.717) is 12.5 Å². The van der Waals surface area contributed by atoms with E-state index in [1.165, 1.54) is 6.42 Å². The molecule has 1 aliphatic rings. The van der Waals surface area contributed by atoms with Gasteiger partial charge in [0.05, 0.1) is 18.4 Å². The maximum Gasteiger partial charge on any atom is 0.137 e. The molecule has 1 aromatic heterocycles. The minimum atomic E-state index is -0.715. The average Bonchev–Trinajstić information content (AvgIpc) is 2.40. The van der Waals surface area contributed by atoms with Gasteiger partial charge >= 0.3 is 0 Å². The first-order valence-corrected chi connectivity index (χ1v) is 7.01. The Morgan fingerprint density at radius 2 is 2.22 bits per heavy atom. The summed E-state index contributed by atoms with van der Waals surface area (Å²) in [6.45, 7) is 4.73. The van der Waals surface area contributed by atoms with Gasteiger partial charge in [-0.15, -0.1) is 0 Å². The molecule has 2 unspecified atom stereocenters. The first-order chi connectivity index (χ1) is 8.70. The molecule has 1 aliphatic carbocycles. The van der Waals surface area contributed by atoms with Crippen LogP contribution in [0.25, 0.3) is 0 Å². The number of hydrogen-bond acceptors (Lipinski definition) is 3. The largest absolute Gasteiger partial charge is 0.492 e. The van der Waals surface area contributed by atoms with Gasteiger partial charge in [0, 0.05) is 11.8 Å². The van der Waals surface area contributed by atoms with Crippen molar-refractivity contribution < 1.29 is 9.84 Å². The van der Waals surface area contributed by atoms with Crippen LogP contribution in [0.2, 0.25) is 0 Å². The van der Waals surface area contributed by atoms with Crippen LogP contribution in [0.1, 0.15) is 51.5 Å². The van der Waals surface area contributed by atoms with Crippen LogP contribution in [0.4, 0.5) is 0 Å². The molecule has 0 bridgehead atoms. The molecule has 0 spiro atoms. The average molecular weight is 249 g/mol. The Kier molecular flexibility index (Phi) is 4.23. The monoisotopic (exact) mass is 249 g/mol. The summed E-state index contributed by atoms with van der Waals surface area (Å²) in [4.78, 5) is 4.21. The Hall–Kier alpha value is -1.09. The lowest BCUT2D eigenvalue weighted by Gasteiger charge is -2.40. The van der Waals surface area contributed by atoms with Crippen molar-refractivity contribution in [1.82, 2.24) is 4.98 Å². The molecule has 1 fully saturated rings. The first kappa shape index (κ1) is 13.3. The van der Waals surface area contributed by atoms with Crippen LogP contribution in [-0.4, -0.2) is 16.7 Å². The molecule has 18 heavy (non-hydrogen) atoms. The maximum atomic E-state index is 11.0. The molecule has 0 aliphatic heterocycles. The summed E-state index contributed by atoms with van der Waals surface area (Å²) in [5.41, 5.74) is 0.201. The van der Waals surface area contributed by atoms with Gasteiger partial charge in [0.2, 0.25) is 0 Å². The van der Waals surface area contributed by atoms with E-state index >= 15 is 0 Å². The van der Waals surface area contributed by atoms with Crippen molar-refractivity contribution in [3.05, 3.63) is 24.0 Å². The summed E-state index contributed by atoms with van der Waals surface area (Å²) in [5, 5.41) is 11.0. The van der Waals surface area contributed by atoms with Crippen molar-refractivity contribution in [2.24, 2.45) is 5.92 Å². The zero-order chi connectivity index (χ0) is 13.0. The topological polar surface area (TPSA) is 42.4 Å². The fourth-order valence-corrected chi connectivity index (χ4v) is 3.05. The van der Waals surface area contributed by atoms with Crippen LogP contribution in [0, 0.1) is 5.92 Å². The number of hydrogen-bond donors (Lipinski definition) is 1. The molecule has 1 N–H and O–H groups in total. The third-order valence-corrected chi connectivity index (χ3v) is 4.05. The van der Waals surface area contributed by atoms with Crippen molar-refractivity contribution in [3.63, 3.8) is 0 Å². The van der Waals surface area contributed by atoms with Crippen molar-refractivity contribution in [2.45, 2.75) is 51.6 Å². The molecular formula is C15H23NO2. The van der Waals surface area contributed by atoms with Crippen molar-refractivity contribution in [3.8, 4) is 5.75 Å². The summed E-state index contributed by atoms with van der Waals surface area (Å²) < 4.78 is 5.48. The van der Waals surface area contributed by atoms with Crippen LogP contribution in [0.3, 0.4) is 0 Å². The van der Waals surface area contributed by atoms with Gasteiger partial charge in [-0.05, 0) is 31.7 Å². The molecule has 0 aromatic carbocycles. The molecule has 0 saturated heterocycles. The van der Waals surface area contributed by atoms with Gasteiger partial charge in [0.15, 0.2) is 0 Å². The van der Waals surface area contributed by atoms with Gasteiger partial charge in [-0.1, -0.05) is 26.2 Å². The van der Waals surface area contributed by atoms with Crippen molar-refractivity contribution in [1.29, 1.82) is 0 Å². The minimum Gasteiger partial charge on any atom is -0.492 e. The van der Waals surface area contributed by atoms with Crippen LogP contribution >= 0.6 is 0 Å². The second kappa shape index (κ2) is 5.70. The Bertz CT molecular complexity index is 394. The van der Waals surface area contributed by atoms with Crippen molar-refractivity contribution in [2.75, 3.05) is 6.61 Å². The fraction of sp³-hybridized carbons (Fsp3) is 0.667. The van der Waals surface area contributed by atoms with E-state index in [1.54, 1.807) is 12.4 Å². The molecular weight excluding hydrogens is 226 g/mol. The minimum absolute atomic E-state index is 0.338. The molecule has 0 radical (unpaired) electrons. The molecule has 0 amide bonds. The summed E-state index contributed by atoms with van der Waals surface area (Å²) in [7, 11) is 0. The number of pyridine rings is 1. The van der Waals surface area contributed by atoms with Crippen molar-refractivity contribution >= 4 is 0 Å². The molecule has 100 valence electrons. The zero-order valence-corrected chi connectivity index (χ0v) is 11.4. The number of ether oxygens (including phenoxy) is 1. The van der Waals surface area contributed by atoms with Crippen LogP contribution in [0.15, 0.2) is 18.5 Å². The van der Waals surface area contributed by atoms with E-state index in [0.717, 1.165) is 37.0 Å². The summed E-state index contributed by atoms with van der Waals surface area (Å²) in [6, 6.07) is 1.95. The third-order valence-electron chi connectivity index (χ3n) is 4.05. The fourth-order valence-electron chi connectivity index (χ4n) is 3.05.